The molecule has 0 atom stereocenters. The van der Waals surface area contributed by atoms with Gasteiger partial charge < -0.3 is 0 Å². The van der Waals surface area contributed by atoms with Gasteiger partial charge in [0, 0.05) is 11.1 Å². The normalized spacial score (nSPS) is 11.6. The highest BCUT2D eigenvalue weighted by Crippen LogP contribution is 2.37. The number of rotatable bonds is 4. The van der Waals surface area contributed by atoms with E-state index in [-0.39, 0.29) is 0 Å². The molecular weight excluding hydrogens is 340 g/mol. The van der Waals surface area contributed by atoms with Gasteiger partial charge in [-0.2, -0.15) is 5.10 Å². The first-order valence-electron chi connectivity index (χ1n) is 9.54. The van der Waals surface area contributed by atoms with E-state index < -0.39 is 0 Å². The van der Waals surface area contributed by atoms with Crippen LogP contribution in [0.15, 0.2) is 114 Å². The third-order valence-corrected chi connectivity index (χ3v) is 5.10. The molecule has 0 N–H and O–H groups in total. The number of nitrogens with zero attached hydrogens (tertiary/aromatic N) is 2. The van der Waals surface area contributed by atoms with Crippen LogP contribution in [0.1, 0.15) is 16.7 Å². The molecule has 0 saturated carbocycles. The molecule has 5 rings (SSSR count). The minimum absolute atomic E-state index is 0.721. The van der Waals surface area contributed by atoms with Crippen molar-refractivity contribution in [3.8, 4) is 11.1 Å². The summed E-state index contributed by atoms with van der Waals surface area (Å²) in [5, 5.41) is 7.27. The molecule has 4 aromatic carbocycles. The number of fused-ring (bicyclic) bond motifs is 3. The van der Waals surface area contributed by atoms with Gasteiger partial charge in [-0.3, -0.25) is 5.01 Å². The van der Waals surface area contributed by atoms with Gasteiger partial charge in [0.25, 0.3) is 0 Å². The van der Waals surface area contributed by atoms with Gasteiger partial charge in [-0.25, -0.2) is 0 Å². The van der Waals surface area contributed by atoms with Gasteiger partial charge in [-0.1, -0.05) is 97.1 Å². The Balaban J connectivity index is 1.65. The van der Waals surface area contributed by atoms with Crippen LogP contribution in [0, 0.1) is 0 Å². The Kier molecular flexibility index (Phi) is 4.23. The van der Waals surface area contributed by atoms with Crippen LogP contribution in [0.3, 0.4) is 0 Å². The molecule has 0 amide bonds. The Morgan fingerprint density at radius 3 is 1.54 bits per heavy atom. The fraction of sp³-hybridized carbons (Fsp3) is 0.0385. The topological polar surface area (TPSA) is 15.6 Å². The van der Waals surface area contributed by atoms with Crippen molar-refractivity contribution in [3.63, 3.8) is 0 Å². The Morgan fingerprint density at radius 1 is 0.500 bits per heavy atom. The first kappa shape index (κ1) is 16.5. The Morgan fingerprint density at radius 2 is 0.964 bits per heavy atom. The van der Waals surface area contributed by atoms with Crippen LogP contribution in [-0.4, -0.2) is 5.71 Å². The zero-order valence-corrected chi connectivity index (χ0v) is 15.5. The van der Waals surface area contributed by atoms with E-state index in [1.54, 1.807) is 0 Å². The summed E-state index contributed by atoms with van der Waals surface area (Å²) in [6, 6.07) is 37.9. The van der Waals surface area contributed by atoms with E-state index in [4.69, 9.17) is 5.10 Å². The summed E-state index contributed by atoms with van der Waals surface area (Å²) in [6.07, 6.45) is 0. The summed E-state index contributed by atoms with van der Waals surface area (Å²) in [4.78, 5) is 0. The predicted octanol–water partition coefficient (Wildman–Crippen LogP) is 6.13. The highest BCUT2D eigenvalue weighted by atomic mass is 15.5. The lowest BCUT2D eigenvalue weighted by atomic mass is 10.1. The fourth-order valence-corrected chi connectivity index (χ4v) is 3.76. The highest BCUT2D eigenvalue weighted by Gasteiger charge is 2.25. The monoisotopic (exact) mass is 360 g/mol. The number of hydrogen-bond donors (Lipinski definition) is 0. The van der Waals surface area contributed by atoms with Crippen LogP contribution in [0.25, 0.3) is 11.1 Å². The Bertz CT molecular complexity index is 1080. The van der Waals surface area contributed by atoms with E-state index in [0.29, 0.717) is 0 Å². The van der Waals surface area contributed by atoms with Gasteiger partial charge in [0.2, 0.25) is 0 Å². The number of hydrogen-bond acceptors (Lipinski definition) is 2. The van der Waals surface area contributed by atoms with Gasteiger partial charge in [0.05, 0.1) is 17.9 Å². The van der Waals surface area contributed by atoms with Crippen LogP contribution in [0.2, 0.25) is 0 Å². The molecule has 2 nitrogen and oxygen atoms in total. The van der Waals surface area contributed by atoms with Crippen LogP contribution < -0.4 is 5.01 Å². The Labute approximate surface area is 165 Å². The second-order valence-electron chi connectivity index (χ2n) is 6.92. The third kappa shape index (κ3) is 2.99. The minimum Gasteiger partial charge on any atom is -0.261 e. The molecule has 0 radical (unpaired) electrons. The molecule has 1 aliphatic carbocycles. The average Bonchev–Trinajstić information content (AvgIpc) is 3.09. The molecule has 0 unspecified atom stereocenters. The van der Waals surface area contributed by atoms with Gasteiger partial charge in [-0.05, 0) is 28.8 Å². The summed E-state index contributed by atoms with van der Waals surface area (Å²) < 4.78 is 0. The molecular formula is C26H20N2. The van der Waals surface area contributed by atoms with Gasteiger partial charge in [0.1, 0.15) is 0 Å². The van der Waals surface area contributed by atoms with E-state index in [1.807, 2.05) is 12.1 Å². The van der Waals surface area contributed by atoms with Crippen molar-refractivity contribution < 1.29 is 0 Å². The second-order valence-corrected chi connectivity index (χ2v) is 6.92. The highest BCUT2D eigenvalue weighted by molar-refractivity contribution is 6.24. The van der Waals surface area contributed by atoms with Gasteiger partial charge in [-0.15, -0.1) is 0 Å². The maximum absolute atomic E-state index is 5.17. The zero-order chi connectivity index (χ0) is 18.8. The van der Waals surface area contributed by atoms with Crippen molar-refractivity contribution in [3.05, 3.63) is 126 Å². The van der Waals surface area contributed by atoms with Crippen molar-refractivity contribution in [1.82, 2.24) is 0 Å². The number of anilines is 1. The lowest BCUT2D eigenvalue weighted by molar-refractivity contribution is 0.855. The quantitative estimate of drug-likeness (QED) is 0.352. The number of para-hydroxylation sites is 1. The predicted molar refractivity (Wildman–Crippen MR) is 117 cm³/mol. The van der Waals surface area contributed by atoms with E-state index in [1.165, 1.54) is 27.8 Å². The number of benzene rings is 4. The maximum atomic E-state index is 5.17. The van der Waals surface area contributed by atoms with Crippen molar-refractivity contribution >= 4 is 11.4 Å². The first-order chi connectivity index (χ1) is 13.9. The number of hydrazone groups is 1. The fourth-order valence-electron chi connectivity index (χ4n) is 3.76. The second kappa shape index (κ2) is 7.16. The standard InChI is InChI=1S/C26H20N2/c1-3-11-20(12-4-1)19-28(21-13-5-2-6-14-21)27-26-24-17-9-7-15-22(24)23-16-8-10-18-25(23)26/h1-18H,19H2. The lowest BCUT2D eigenvalue weighted by Gasteiger charge is -2.21. The molecule has 0 aliphatic heterocycles. The Hall–Kier alpha value is -3.65. The summed E-state index contributed by atoms with van der Waals surface area (Å²) >= 11 is 0. The van der Waals surface area contributed by atoms with Crippen molar-refractivity contribution in [1.29, 1.82) is 0 Å². The van der Waals surface area contributed by atoms with E-state index in [2.05, 4.69) is 102 Å². The molecule has 0 bridgehead atoms. The molecule has 1 aliphatic rings. The van der Waals surface area contributed by atoms with E-state index in [9.17, 15) is 0 Å². The lowest BCUT2D eigenvalue weighted by Crippen LogP contribution is -2.19. The minimum atomic E-state index is 0.721. The summed E-state index contributed by atoms with van der Waals surface area (Å²) in [5.74, 6) is 0. The van der Waals surface area contributed by atoms with Gasteiger partial charge >= 0.3 is 0 Å². The van der Waals surface area contributed by atoms with E-state index >= 15 is 0 Å². The maximum Gasteiger partial charge on any atom is 0.0993 e. The van der Waals surface area contributed by atoms with Crippen LogP contribution in [0.5, 0.6) is 0 Å². The van der Waals surface area contributed by atoms with Gasteiger partial charge in [0.15, 0.2) is 0 Å². The molecule has 0 saturated heterocycles. The van der Waals surface area contributed by atoms with Crippen LogP contribution in [-0.2, 0) is 6.54 Å². The average molecular weight is 360 g/mol. The zero-order valence-electron chi connectivity index (χ0n) is 15.5. The summed E-state index contributed by atoms with van der Waals surface area (Å²) in [5.41, 5.74) is 8.24. The third-order valence-electron chi connectivity index (χ3n) is 5.10. The SMILES string of the molecule is c1ccc(CN(N=C2c3ccccc3-c3ccccc32)c2ccccc2)cc1. The molecule has 0 spiro atoms. The molecule has 0 aromatic heterocycles. The van der Waals surface area contributed by atoms with Crippen LogP contribution >= 0.6 is 0 Å². The molecule has 0 heterocycles. The largest absolute Gasteiger partial charge is 0.261 e. The van der Waals surface area contributed by atoms with Crippen molar-refractivity contribution in [2.24, 2.45) is 5.10 Å². The first-order valence-corrected chi connectivity index (χ1v) is 9.54. The van der Waals surface area contributed by atoms with Crippen molar-refractivity contribution in [2.45, 2.75) is 6.54 Å². The summed E-state index contributed by atoms with van der Waals surface area (Å²) in [7, 11) is 0. The molecule has 134 valence electrons. The smallest absolute Gasteiger partial charge is 0.0993 e. The molecule has 0 fully saturated rings. The summed E-state index contributed by atoms with van der Waals surface area (Å²) in [6.45, 7) is 0.721. The molecule has 28 heavy (non-hydrogen) atoms. The van der Waals surface area contributed by atoms with Crippen molar-refractivity contribution in [2.75, 3.05) is 5.01 Å². The van der Waals surface area contributed by atoms with E-state index in [0.717, 1.165) is 17.9 Å². The molecule has 2 heteroatoms. The molecule has 4 aromatic rings. The van der Waals surface area contributed by atoms with Crippen LogP contribution in [0.4, 0.5) is 5.69 Å².